The Morgan fingerprint density at radius 3 is 2.28 bits per heavy atom. The van der Waals surface area contributed by atoms with Crippen LogP contribution in [0.4, 0.5) is 0 Å². The molecule has 0 bridgehead atoms. The Balaban J connectivity index is 1.28. The number of amides is 2. The lowest BCUT2D eigenvalue weighted by Gasteiger charge is -2.35. The van der Waals surface area contributed by atoms with Crippen LogP contribution in [0.1, 0.15) is 15.9 Å². The summed E-state index contributed by atoms with van der Waals surface area (Å²) in [5.41, 5.74) is 1.89. The average molecular weight is 387 g/mol. The summed E-state index contributed by atoms with van der Waals surface area (Å²) < 4.78 is 0. The van der Waals surface area contributed by atoms with E-state index in [2.05, 4.69) is 52.7 Å². The first-order valence-electron chi connectivity index (χ1n) is 10.0. The van der Waals surface area contributed by atoms with E-state index < -0.39 is 0 Å². The number of piperazine rings is 1. The molecular formula is C24H25N3O2. The van der Waals surface area contributed by atoms with E-state index in [4.69, 9.17) is 0 Å². The fraction of sp³-hybridized carbons (Fsp3) is 0.250. The van der Waals surface area contributed by atoms with Crippen molar-refractivity contribution in [1.29, 1.82) is 0 Å². The standard InChI is InChI=1S/C24H25N3O2/c28-23(17-25-24(29)20-8-2-1-3-9-20)27-15-13-26(14-16-27)18-21-11-6-10-19-7-4-5-12-22(19)21/h1-12H,13-18H2,(H,25,29). The summed E-state index contributed by atoms with van der Waals surface area (Å²) in [6.45, 7) is 3.96. The molecule has 1 aliphatic heterocycles. The molecule has 3 aromatic carbocycles. The number of hydrogen-bond acceptors (Lipinski definition) is 3. The highest BCUT2D eigenvalue weighted by Crippen LogP contribution is 2.20. The topological polar surface area (TPSA) is 52.7 Å². The Morgan fingerprint density at radius 2 is 1.48 bits per heavy atom. The number of nitrogens with zero attached hydrogens (tertiary/aromatic N) is 2. The molecule has 0 aromatic heterocycles. The molecule has 0 spiro atoms. The minimum absolute atomic E-state index is 0.0286. The van der Waals surface area contributed by atoms with Crippen LogP contribution in [-0.2, 0) is 11.3 Å². The Bertz CT molecular complexity index is 990. The van der Waals surface area contributed by atoms with Crippen LogP contribution in [0.15, 0.2) is 72.8 Å². The molecule has 0 radical (unpaired) electrons. The van der Waals surface area contributed by atoms with Gasteiger partial charge in [-0.15, -0.1) is 0 Å². The van der Waals surface area contributed by atoms with Gasteiger partial charge >= 0.3 is 0 Å². The van der Waals surface area contributed by atoms with Crippen molar-refractivity contribution in [3.8, 4) is 0 Å². The van der Waals surface area contributed by atoms with Gasteiger partial charge in [0.2, 0.25) is 5.91 Å². The Labute approximate surface area is 170 Å². The van der Waals surface area contributed by atoms with E-state index in [1.807, 2.05) is 23.1 Å². The van der Waals surface area contributed by atoms with Crippen molar-refractivity contribution in [2.24, 2.45) is 0 Å². The van der Waals surface area contributed by atoms with E-state index in [-0.39, 0.29) is 18.4 Å². The molecule has 29 heavy (non-hydrogen) atoms. The maximum Gasteiger partial charge on any atom is 0.251 e. The van der Waals surface area contributed by atoms with Gasteiger partial charge in [0.15, 0.2) is 0 Å². The number of carbonyl (C=O) groups is 2. The van der Waals surface area contributed by atoms with Gasteiger partial charge in [-0.3, -0.25) is 14.5 Å². The van der Waals surface area contributed by atoms with Crippen molar-refractivity contribution >= 4 is 22.6 Å². The van der Waals surface area contributed by atoms with Gasteiger partial charge in [0, 0.05) is 38.3 Å². The van der Waals surface area contributed by atoms with Gasteiger partial charge < -0.3 is 10.2 Å². The van der Waals surface area contributed by atoms with Crippen LogP contribution >= 0.6 is 0 Å². The monoisotopic (exact) mass is 387 g/mol. The molecule has 1 saturated heterocycles. The quantitative estimate of drug-likeness (QED) is 0.732. The molecule has 148 valence electrons. The van der Waals surface area contributed by atoms with Crippen molar-refractivity contribution in [3.05, 3.63) is 83.9 Å². The Hall–Kier alpha value is -3.18. The third-order valence-corrected chi connectivity index (χ3v) is 5.44. The van der Waals surface area contributed by atoms with E-state index in [1.54, 1.807) is 12.1 Å². The minimum Gasteiger partial charge on any atom is -0.343 e. The lowest BCUT2D eigenvalue weighted by atomic mass is 10.0. The number of rotatable bonds is 5. The second-order valence-corrected chi connectivity index (χ2v) is 7.34. The Kier molecular flexibility index (Phi) is 5.86. The number of hydrogen-bond donors (Lipinski definition) is 1. The fourth-order valence-electron chi connectivity index (χ4n) is 3.79. The molecule has 5 heteroatoms. The SMILES string of the molecule is O=C(NCC(=O)N1CCN(Cc2cccc3ccccc23)CC1)c1ccccc1. The molecule has 0 atom stereocenters. The average Bonchev–Trinajstić information content (AvgIpc) is 2.78. The van der Waals surface area contributed by atoms with E-state index in [0.29, 0.717) is 18.7 Å². The zero-order valence-electron chi connectivity index (χ0n) is 16.4. The van der Waals surface area contributed by atoms with E-state index in [1.165, 1.54) is 16.3 Å². The van der Waals surface area contributed by atoms with E-state index in [0.717, 1.165) is 19.6 Å². The summed E-state index contributed by atoms with van der Waals surface area (Å²) >= 11 is 0. The summed E-state index contributed by atoms with van der Waals surface area (Å²) in [4.78, 5) is 28.8. The lowest BCUT2D eigenvalue weighted by molar-refractivity contribution is -0.131. The fourth-order valence-corrected chi connectivity index (χ4v) is 3.79. The largest absolute Gasteiger partial charge is 0.343 e. The first-order valence-corrected chi connectivity index (χ1v) is 10.0. The maximum atomic E-state index is 12.5. The lowest BCUT2D eigenvalue weighted by Crippen LogP contribution is -2.50. The summed E-state index contributed by atoms with van der Waals surface area (Å²) in [5, 5.41) is 5.27. The van der Waals surface area contributed by atoms with Gasteiger partial charge in [-0.2, -0.15) is 0 Å². The molecule has 0 saturated carbocycles. The zero-order chi connectivity index (χ0) is 20.1. The van der Waals surface area contributed by atoms with Crippen molar-refractivity contribution in [3.63, 3.8) is 0 Å². The van der Waals surface area contributed by atoms with Gasteiger partial charge in [0.25, 0.3) is 5.91 Å². The molecular weight excluding hydrogens is 362 g/mol. The Morgan fingerprint density at radius 1 is 0.793 bits per heavy atom. The highest BCUT2D eigenvalue weighted by atomic mass is 16.2. The van der Waals surface area contributed by atoms with Crippen LogP contribution in [0.25, 0.3) is 10.8 Å². The number of benzene rings is 3. The predicted molar refractivity (Wildman–Crippen MR) is 115 cm³/mol. The molecule has 1 N–H and O–H groups in total. The first kappa shape index (κ1) is 19.2. The molecule has 5 nitrogen and oxygen atoms in total. The summed E-state index contributed by atoms with van der Waals surface area (Å²) in [6.07, 6.45) is 0. The van der Waals surface area contributed by atoms with E-state index in [9.17, 15) is 9.59 Å². The molecule has 1 aliphatic rings. The first-order chi connectivity index (χ1) is 14.2. The van der Waals surface area contributed by atoms with Gasteiger partial charge in [0.05, 0.1) is 6.54 Å². The van der Waals surface area contributed by atoms with Gasteiger partial charge in [0.1, 0.15) is 0 Å². The summed E-state index contributed by atoms with van der Waals surface area (Å²) in [6, 6.07) is 23.8. The second kappa shape index (κ2) is 8.88. The summed E-state index contributed by atoms with van der Waals surface area (Å²) in [7, 11) is 0. The van der Waals surface area contributed by atoms with Crippen LogP contribution in [0.3, 0.4) is 0 Å². The van der Waals surface area contributed by atoms with Crippen LogP contribution in [0, 0.1) is 0 Å². The highest BCUT2D eigenvalue weighted by Gasteiger charge is 2.21. The van der Waals surface area contributed by atoms with Crippen LogP contribution in [0.5, 0.6) is 0 Å². The van der Waals surface area contributed by atoms with Gasteiger partial charge in [-0.25, -0.2) is 0 Å². The molecule has 2 amide bonds. The van der Waals surface area contributed by atoms with Crippen molar-refractivity contribution in [2.75, 3.05) is 32.7 Å². The maximum absolute atomic E-state index is 12.5. The van der Waals surface area contributed by atoms with Crippen LogP contribution in [0.2, 0.25) is 0 Å². The van der Waals surface area contributed by atoms with Crippen LogP contribution < -0.4 is 5.32 Å². The van der Waals surface area contributed by atoms with Gasteiger partial charge in [-0.05, 0) is 28.5 Å². The van der Waals surface area contributed by atoms with Gasteiger partial charge in [-0.1, -0.05) is 60.7 Å². The normalized spacial score (nSPS) is 14.7. The smallest absolute Gasteiger partial charge is 0.251 e. The number of nitrogens with one attached hydrogen (secondary N) is 1. The third kappa shape index (κ3) is 4.63. The van der Waals surface area contributed by atoms with Crippen molar-refractivity contribution in [2.45, 2.75) is 6.54 Å². The zero-order valence-corrected chi connectivity index (χ0v) is 16.4. The van der Waals surface area contributed by atoms with Crippen LogP contribution in [-0.4, -0.2) is 54.3 Å². The summed E-state index contributed by atoms with van der Waals surface area (Å²) in [5.74, 6) is -0.243. The second-order valence-electron chi connectivity index (χ2n) is 7.34. The molecule has 3 aromatic rings. The predicted octanol–water partition coefficient (Wildman–Crippen LogP) is 2.91. The molecule has 1 heterocycles. The molecule has 1 fully saturated rings. The minimum atomic E-state index is -0.214. The van der Waals surface area contributed by atoms with E-state index >= 15 is 0 Å². The number of carbonyl (C=O) groups excluding carboxylic acids is 2. The van der Waals surface area contributed by atoms with Crippen molar-refractivity contribution < 1.29 is 9.59 Å². The molecule has 4 rings (SSSR count). The highest BCUT2D eigenvalue weighted by molar-refractivity contribution is 5.96. The number of fused-ring (bicyclic) bond motifs is 1. The molecule has 0 unspecified atom stereocenters. The third-order valence-electron chi connectivity index (χ3n) is 5.44. The van der Waals surface area contributed by atoms with Crippen molar-refractivity contribution in [1.82, 2.24) is 15.1 Å². The molecule has 0 aliphatic carbocycles.